The normalized spacial score (nSPS) is 19.6. The second kappa shape index (κ2) is 5.23. The van der Waals surface area contributed by atoms with Gasteiger partial charge in [-0.3, -0.25) is 4.79 Å². The fourth-order valence-electron chi connectivity index (χ4n) is 2.97. The predicted molar refractivity (Wildman–Crippen MR) is 81.6 cm³/mol. The summed E-state index contributed by atoms with van der Waals surface area (Å²) in [5.41, 5.74) is 0.764. The molecule has 1 amide bonds. The molecule has 2 aromatic heterocycles. The molecule has 1 aliphatic carbocycles. The van der Waals surface area contributed by atoms with Crippen LogP contribution in [-0.4, -0.2) is 44.8 Å². The Morgan fingerprint density at radius 1 is 1.18 bits per heavy atom. The molecule has 1 N–H and O–H groups in total. The molecule has 7 heteroatoms. The third-order valence-corrected chi connectivity index (χ3v) is 4.52. The van der Waals surface area contributed by atoms with Crippen LogP contribution in [0.4, 0.5) is 5.82 Å². The van der Waals surface area contributed by atoms with Crippen molar-refractivity contribution in [2.75, 3.05) is 18.0 Å². The summed E-state index contributed by atoms with van der Waals surface area (Å²) < 4.78 is 1.77. The van der Waals surface area contributed by atoms with Gasteiger partial charge in [-0.25, -0.2) is 0 Å². The molecule has 0 aromatic carbocycles. The highest BCUT2D eigenvalue weighted by Gasteiger charge is 2.30. The molecule has 0 radical (unpaired) electrons. The van der Waals surface area contributed by atoms with Crippen LogP contribution < -0.4 is 10.2 Å². The Balaban J connectivity index is 1.43. The zero-order valence-electron chi connectivity index (χ0n) is 12.7. The van der Waals surface area contributed by atoms with Crippen molar-refractivity contribution in [1.29, 1.82) is 0 Å². The van der Waals surface area contributed by atoms with E-state index in [9.17, 15) is 4.79 Å². The average Bonchev–Trinajstić information content (AvgIpc) is 3.29. The summed E-state index contributed by atoms with van der Waals surface area (Å²) in [5.74, 6) is 2.10. The van der Waals surface area contributed by atoms with E-state index < -0.39 is 0 Å². The molecule has 1 aliphatic heterocycles. The predicted octanol–water partition coefficient (Wildman–Crippen LogP) is 0.928. The van der Waals surface area contributed by atoms with E-state index >= 15 is 0 Å². The Morgan fingerprint density at radius 2 is 1.95 bits per heavy atom. The lowest BCUT2D eigenvalue weighted by atomic mass is 9.96. The smallest absolute Gasteiger partial charge is 0.223 e. The van der Waals surface area contributed by atoms with Crippen LogP contribution in [0, 0.1) is 12.8 Å². The number of anilines is 1. The lowest BCUT2D eigenvalue weighted by Crippen LogP contribution is -2.41. The number of amides is 1. The molecule has 2 aromatic rings. The fourth-order valence-corrected chi connectivity index (χ4v) is 2.97. The highest BCUT2D eigenvalue weighted by atomic mass is 16.2. The number of carbonyl (C=O) groups is 1. The maximum atomic E-state index is 12.1. The number of nitrogens with zero attached hydrogens (tertiary/aromatic N) is 5. The van der Waals surface area contributed by atoms with Gasteiger partial charge < -0.3 is 10.2 Å². The number of rotatable bonds is 3. The summed E-state index contributed by atoms with van der Waals surface area (Å²) in [4.78, 5) is 14.3. The molecule has 0 unspecified atom stereocenters. The molecule has 22 heavy (non-hydrogen) atoms. The van der Waals surface area contributed by atoms with E-state index in [1.54, 1.807) is 4.52 Å². The zero-order chi connectivity index (χ0) is 15.1. The van der Waals surface area contributed by atoms with E-state index in [4.69, 9.17) is 0 Å². The van der Waals surface area contributed by atoms with Gasteiger partial charge >= 0.3 is 0 Å². The Morgan fingerprint density at radius 3 is 2.68 bits per heavy atom. The summed E-state index contributed by atoms with van der Waals surface area (Å²) in [6.07, 6.45) is 4.07. The van der Waals surface area contributed by atoms with Crippen LogP contribution in [0.1, 0.15) is 31.5 Å². The van der Waals surface area contributed by atoms with Gasteiger partial charge in [-0.1, -0.05) is 0 Å². The van der Waals surface area contributed by atoms with E-state index in [-0.39, 0.29) is 11.8 Å². The SMILES string of the molecule is Cc1nnc2ccc(N3CCC(C(=O)NC4CC4)CC3)nn12. The first-order valence-electron chi connectivity index (χ1n) is 7.95. The van der Waals surface area contributed by atoms with E-state index in [1.165, 1.54) is 0 Å². The summed E-state index contributed by atoms with van der Waals surface area (Å²) >= 11 is 0. The van der Waals surface area contributed by atoms with Crippen molar-refractivity contribution in [2.45, 2.75) is 38.6 Å². The minimum absolute atomic E-state index is 0.150. The van der Waals surface area contributed by atoms with Crippen LogP contribution in [0.5, 0.6) is 0 Å². The molecule has 3 heterocycles. The molecule has 7 nitrogen and oxygen atoms in total. The van der Waals surface area contributed by atoms with Gasteiger partial charge in [0.2, 0.25) is 5.91 Å². The maximum Gasteiger partial charge on any atom is 0.223 e. The van der Waals surface area contributed by atoms with Gasteiger partial charge in [-0.05, 0) is 44.7 Å². The highest BCUT2D eigenvalue weighted by Crippen LogP contribution is 2.24. The lowest BCUT2D eigenvalue weighted by molar-refractivity contribution is -0.125. The van der Waals surface area contributed by atoms with E-state index in [0.717, 1.165) is 56.1 Å². The highest BCUT2D eigenvalue weighted by molar-refractivity contribution is 5.79. The van der Waals surface area contributed by atoms with Gasteiger partial charge in [0.05, 0.1) is 0 Å². The molecule has 2 aliphatic rings. The topological polar surface area (TPSA) is 75.4 Å². The Labute approximate surface area is 128 Å². The molecule has 0 atom stereocenters. The van der Waals surface area contributed by atoms with Crippen LogP contribution in [0.15, 0.2) is 12.1 Å². The van der Waals surface area contributed by atoms with Crippen LogP contribution >= 0.6 is 0 Å². The minimum Gasteiger partial charge on any atom is -0.355 e. The van der Waals surface area contributed by atoms with Crippen molar-refractivity contribution in [1.82, 2.24) is 25.1 Å². The summed E-state index contributed by atoms with van der Waals surface area (Å²) in [7, 11) is 0. The van der Waals surface area contributed by atoms with Crippen LogP contribution in [0.2, 0.25) is 0 Å². The quantitative estimate of drug-likeness (QED) is 0.912. The zero-order valence-corrected chi connectivity index (χ0v) is 12.7. The van der Waals surface area contributed by atoms with Crippen molar-refractivity contribution < 1.29 is 4.79 Å². The first-order valence-corrected chi connectivity index (χ1v) is 7.95. The third-order valence-electron chi connectivity index (χ3n) is 4.52. The number of fused-ring (bicyclic) bond motifs is 1. The lowest BCUT2D eigenvalue weighted by Gasteiger charge is -2.32. The molecule has 4 rings (SSSR count). The van der Waals surface area contributed by atoms with Crippen LogP contribution in [0.3, 0.4) is 0 Å². The number of hydrogen-bond donors (Lipinski definition) is 1. The molecular formula is C15H20N6O. The van der Waals surface area contributed by atoms with Gasteiger partial charge in [0.1, 0.15) is 5.82 Å². The number of hydrogen-bond acceptors (Lipinski definition) is 5. The van der Waals surface area contributed by atoms with Crippen molar-refractivity contribution in [3.63, 3.8) is 0 Å². The number of aryl methyl sites for hydroxylation is 1. The first kappa shape index (κ1) is 13.5. The van der Waals surface area contributed by atoms with Crippen molar-refractivity contribution >= 4 is 17.4 Å². The molecular weight excluding hydrogens is 280 g/mol. The van der Waals surface area contributed by atoms with Gasteiger partial charge in [0.25, 0.3) is 0 Å². The molecule has 0 spiro atoms. The van der Waals surface area contributed by atoms with Gasteiger partial charge in [0, 0.05) is 25.0 Å². The monoisotopic (exact) mass is 300 g/mol. The number of piperidine rings is 1. The first-order chi connectivity index (χ1) is 10.7. The maximum absolute atomic E-state index is 12.1. The van der Waals surface area contributed by atoms with E-state index in [2.05, 4.69) is 25.5 Å². The van der Waals surface area contributed by atoms with Gasteiger partial charge in [-0.15, -0.1) is 15.3 Å². The molecule has 1 saturated carbocycles. The number of aromatic nitrogens is 4. The summed E-state index contributed by atoms with van der Waals surface area (Å²) in [6, 6.07) is 4.37. The largest absolute Gasteiger partial charge is 0.355 e. The van der Waals surface area contributed by atoms with Crippen molar-refractivity contribution in [3.05, 3.63) is 18.0 Å². The molecule has 2 fully saturated rings. The van der Waals surface area contributed by atoms with Gasteiger partial charge in [-0.2, -0.15) is 4.52 Å². The van der Waals surface area contributed by atoms with Crippen LogP contribution in [0.25, 0.3) is 5.65 Å². The standard InChI is InChI=1S/C15H20N6O/c1-10-17-18-13-4-5-14(19-21(10)13)20-8-6-11(7-9-20)15(22)16-12-2-3-12/h4-5,11-12H,2-3,6-9H2,1H3,(H,16,22). The summed E-state index contributed by atoms with van der Waals surface area (Å²) in [5, 5.41) is 15.8. The second-order valence-corrected chi connectivity index (χ2v) is 6.25. The van der Waals surface area contributed by atoms with Crippen LogP contribution in [-0.2, 0) is 4.79 Å². The van der Waals surface area contributed by atoms with Crippen molar-refractivity contribution in [3.8, 4) is 0 Å². The second-order valence-electron chi connectivity index (χ2n) is 6.25. The molecule has 116 valence electrons. The number of carbonyl (C=O) groups excluding carboxylic acids is 1. The third kappa shape index (κ3) is 2.51. The molecule has 0 bridgehead atoms. The Bertz CT molecular complexity index is 699. The van der Waals surface area contributed by atoms with E-state index in [1.807, 2.05) is 19.1 Å². The Hall–Kier alpha value is -2.18. The summed E-state index contributed by atoms with van der Waals surface area (Å²) in [6.45, 7) is 3.62. The van der Waals surface area contributed by atoms with Gasteiger partial charge in [0.15, 0.2) is 11.5 Å². The Kier molecular flexibility index (Phi) is 3.20. The average molecular weight is 300 g/mol. The fraction of sp³-hybridized carbons (Fsp3) is 0.600. The van der Waals surface area contributed by atoms with E-state index in [0.29, 0.717) is 6.04 Å². The minimum atomic E-state index is 0.150. The molecule has 1 saturated heterocycles. The van der Waals surface area contributed by atoms with Crippen molar-refractivity contribution in [2.24, 2.45) is 5.92 Å². The number of nitrogens with one attached hydrogen (secondary N) is 1.